The fraction of sp³-hybridized carbons (Fsp3) is 0.579. The van der Waals surface area contributed by atoms with Crippen molar-refractivity contribution in [2.75, 3.05) is 6.54 Å². The molecule has 1 fully saturated rings. The van der Waals surface area contributed by atoms with E-state index in [-0.39, 0.29) is 17.9 Å². The highest BCUT2D eigenvalue weighted by Gasteiger charge is 2.27. The van der Waals surface area contributed by atoms with E-state index in [0.717, 1.165) is 24.9 Å². The van der Waals surface area contributed by atoms with Gasteiger partial charge in [0.05, 0.1) is 12.5 Å². The van der Waals surface area contributed by atoms with Crippen molar-refractivity contribution in [3.63, 3.8) is 0 Å². The number of carbonyl (C=O) groups excluding carboxylic acids is 2. The molecule has 4 heteroatoms. The molecule has 1 saturated carbocycles. The van der Waals surface area contributed by atoms with Gasteiger partial charge in [0.25, 0.3) is 0 Å². The Hall–Kier alpha value is -1.84. The molecule has 0 spiro atoms. The van der Waals surface area contributed by atoms with Crippen molar-refractivity contribution in [3.05, 3.63) is 35.4 Å². The molecule has 23 heavy (non-hydrogen) atoms. The molecule has 1 aliphatic carbocycles. The number of nitrogens with one attached hydrogen (secondary N) is 1. The third-order valence-electron chi connectivity index (χ3n) is 4.66. The van der Waals surface area contributed by atoms with Crippen LogP contribution in [0.1, 0.15) is 63.1 Å². The average molecular weight is 316 g/mol. The van der Waals surface area contributed by atoms with E-state index in [2.05, 4.69) is 5.32 Å². The third-order valence-corrected chi connectivity index (χ3v) is 4.66. The first-order valence-corrected chi connectivity index (χ1v) is 8.64. The fourth-order valence-electron chi connectivity index (χ4n) is 3.44. The van der Waals surface area contributed by atoms with Gasteiger partial charge in [-0.1, -0.05) is 42.7 Å². The van der Waals surface area contributed by atoms with Gasteiger partial charge in [-0.2, -0.15) is 0 Å². The molecule has 4 nitrogen and oxygen atoms in total. The normalized spacial score (nSPS) is 16.1. The smallest absolute Gasteiger partial charge is 0.225 e. The molecule has 1 unspecified atom stereocenters. The van der Waals surface area contributed by atoms with Gasteiger partial charge in [-0.05, 0) is 32.3 Å². The van der Waals surface area contributed by atoms with Gasteiger partial charge in [-0.3, -0.25) is 9.59 Å². The van der Waals surface area contributed by atoms with Gasteiger partial charge in [0.2, 0.25) is 11.8 Å². The lowest BCUT2D eigenvalue weighted by molar-refractivity contribution is -0.134. The Kier molecular flexibility index (Phi) is 6.20. The molecule has 2 amide bonds. The van der Waals surface area contributed by atoms with Crippen LogP contribution in [0.25, 0.3) is 0 Å². The molecular weight excluding hydrogens is 288 g/mol. The van der Waals surface area contributed by atoms with Crippen molar-refractivity contribution in [2.24, 2.45) is 0 Å². The second kappa shape index (κ2) is 8.14. The lowest BCUT2D eigenvalue weighted by Gasteiger charge is -2.29. The Morgan fingerprint density at radius 3 is 2.35 bits per heavy atom. The molecule has 1 N–H and O–H groups in total. The highest BCUT2D eigenvalue weighted by molar-refractivity contribution is 5.79. The van der Waals surface area contributed by atoms with Crippen LogP contribution in [-0.4, -0.2) is 29.3 Å². The maximum atomic E-state index is 12.8. The summed E-state index contributed by atoms with van der Waals surface area (Å²) in [6.45, 7) is 6.31. The molecule has 0 aromatic heterocycles. The van der Waals surface area contributed by atoms with Crippen molar-refractivity contribution >= 4 is 11.8 Å². The van der Waals surface area contributed by atoms with E-state index < -0.39 is 0 Å². The molecular formula is C19H28N2O2. The van der Waals surface area contributed by atoms with Gasteiger partial charge in [-0.15, -0.1) is 0 Å². The molecule has 1 aliphatic rings. The third kappa shape index (κ3) is 4.81. The van der Waals surface area contributed by atoms with E-state index in [9.17, 15) is 9.59 Å². The summed E-state index contributed by atoms with van der Waals surface area (Å²) < 4.78 is 0. The Bertz CT molecular complexity index is 533. The second-order valence-electron chi connectivity index (χ2n) is 6.49. The van der Waals surface area contributed by atoms with Gasteiger partial charge >= 0.3 is 0 Å². The number of amides is 2. The summed E-state index contributed by atoms with van der Waals surface area (Å²) in [7, 11) is 0. The first kappa shape index (κ1) is 17.5. The SMILES string of the molecule is CCN(C(=O)CC(NC(C)=O)c1ccc(C)cc1)C1CCCC1. The second-order valence-corrected chi connectivity index (χ2v) is 6.49. The fourth-order valence-corrected chi connectivity index (χ4v) is 3.44. The predicted octanol–water partition coefficient (Wildman–Crippen LogP) is 3.35. The zero-order valence-electron chi connectivity index (χ0n) is 14.5. The van der Waals surface area contributed by atoms with E-state index in [1.165, 1.54) is 25.3 Å². The Balaban J connectivity index is 2.10. The van der Waals surface area contributed by atoms with Gasteiger partial charge < -0.3 is 10.2 Å². The van der Waals surface area contributed by atoms with Crippen LogP contribution in [-0.2, 0) is 9.59 Å². The summed E-state index contributed by atoms with van der Waals surface area (Å²) in [4.78, 5) is 26.3. The zero-order valence-corrected chi connectivity index (χ0v) is 14.5. The van der Waals surface area contributed by atoms with Crippen LogP contribution in [0.2, 0.25) is 0 Å². The molecule has 1 atom stereocenters. The van der Waals surface area contributed by atoms with Crippen molar-refractivity contribution < 1.29 is 9.59 Å². The van der Waals surface area contributed by atoms with E-state index >= 15 is 0 Å². The van der Waals surface area contributed by atoms with E-state index in [1.54, 1.807) is 0 Å². The van der Waals surface area contributed by atoms with Crippen LogP contribution in [0, 0.1) is 6.92 Å². The number of rotatable bonds is 6. The van der Waals surface area contributed by atoms with Crippen LogP contribution in [0.5, 0.6) is 0 Å². The Morgan fingerprint density at radius 2 is 1.83 bits per heavy atom. The molecule has 0 heterocycles. The van der Waals surface area contributed by atoms with Crippen LogP contribution in [0.4, 0.5) is 0 Å². The van der Waals surface area contributed by atoms with Gasteiger partial charge in [0.15, 0.2) is 0 Å². The van der Waals surface area contributed by atoms with Crippen LogP contribution in [0.15, 0.2) is 24.3 Å². The van der Waals surface area contributed by atoms with E-state index in [0.29, 0.717) is 12.5 Å². The summed E-state index contributed by atoms with van der Waals surface area (Å²) in [5.41, 5.74) is 2.16. The maximum absolute atomic E-state index is 12.8. The molecule has 126 valence electrons. The zero-order chi connectivity index (χ0) is 16.8. The Morgan fingerprint density at radius 1 is 1.22 bits per heavy atom. The molecule has 0 aliphatic heterocycles. The summed E-state index contributed by atoms with van der Waals surface area (Å²) in [6, 6.07) is 8.15. The minimum Gasteiger partial charge on any atom is -0.349 e. The minimum atomic E-state index is -0.254. The van der Waals surface area contributed by atoms with E-state index in [4.69, 9.17) is 0 Å². The van der Waals surface area contributed by atoms with Gasteiger partial charge in [-0.25, -0.2) is 0 Å². The summed E-state index contributed by atoms with van der Waals surface area (Å²) >= 11 is 0. The van der Waals surface area contributed by atoms with Crippen LogP contribution >= 0.6 is 0 Å². The molecule has 1 aromatic rings. The predicted molar refractivity (Wildman–Crippen MR) is 92.0 cm³/mol. The lowest BCUT2D eigenvalue weighted by Crippen LogP contribution is -2.41. The minimum absolute atomic E-state index is 0.104. The van der Waals surface area contributed by atoms with Crippen molar-refractivity contribution in [3.8, 4) is 0 Å². The average Bonchev–Trinajstić information content (AvgIpc) is 3.01. The van der Waals surface area contributed by atoms with E-state index in [1.807, 2.05) is 43.0 Å². The number of hydrogen-bond donors (Lipinski definition) is 1. The summed E-state index contributed by atoms with van der Waals surface area (Å²) in [5.74, 6) is 0.0333. The molecule has 0 saturated heterocycles. The number of benzene rings is 1. The summed E-state index contributed by atoms with van der Waals surface area (Å²) in [6.07, 6.45) is 4.96. The lowest BCUT2D eigenvalue weighted by atomic mass is 10.0. The number of nitrogens with zero attached hydrogens (tertiary/aromatic N) is 1. The topological polar surface area (TPSA) is 49.4 Å². The molecule has 1 aromatic carbocycles. The standard InChI is InChI=1S/C19H28N2O2/c1-4-21(17-7-5-6-8-17)19(23)13-18(20-15(3)22)16-11-9-14(2)10-12-16/h9-12,17-18H,4-8,13H2,1-3H3,(H,20,22). The number of hydrogen-bond acceptors (Lipinski definition) is 2. The van der Waals surface area contributed by atoms with Gasteiger partial charge in [0.1, 0.15) is 0 Å². The van der Waals surface area contributed by atoms with Crippen molar-refractivity contribution in [1.29, 1.82) is 0 Å². The van der Waals surface area contributed by atoms with Crippen molar-refractivity contribution in [1.82, 2.24) is 10.2 Å². The number of carbonyl (C=O) groups is 2. The maximum Gasteiger partial charge on any atom is 0.225 e. The Labute approximate surface area is 139 Å². The summed E-state index contributed by atoms with van der Waals surface area (Å²) in [5, 5.41) is 2.93. The largest absolute Gasteiger partial charge is 0.349 e. The monoisotopic (exact) mass is 316 g/mol. The van der Waals surface area contributed by atoms with Gasteiger partial charge in [0, 0.05) is 19.5 Å². The molecule has 0 bridgehead atoms. The molecule has 2 rings (SSSR count). The van der Waals surface area contributed by atoms with Crippen LogP contribution < -0.4 is 5.32 Å². The number of aryl methyl sites for hydroxylation is 1. The highest BCUT2D eigenvalue weighted by atomic mass is 16.2. The quantitative estimate of drug-likeness (QED) is 0.875. The molecule has 0 radical (unpaired) electrons. The first-order valence-electron chi connectivity index (χ1n) is 8.64. The van der Waals surface area contributed by atoms with Crippen LogP contribution in [0.3, 0.4) is 0 Å². The van der Waals surface area contributed by atoms with Crippen molar-refractivity contribution in [2.45, 2.75) is 65.0 Å². The highest BCUT2D eigenvalue weighted by Crippen LogP contribution is 2.26. The first-order chi connectivity index (χ1) is 11.0.